The Balaban J connectivity index is 1.76. The maximum absolute atomic E-state index is 11.4. The fraction of sp³-hybridized carbons (Fsp3) is 0.429. The largest absolute Gasteiger partial charge is 0.363 e. The summed E-state index contributed by atoms with van der Waals surface area (Å²) in [6.45, 7) is 4.21. The molecule has 0 amide bonds. The molecule has 2 heterocycles. The molecule has 3 rings (SSSR count). The van der Waals surface area contributed by atoms with Crippen molar-refractivity contribution in [2.24, 2.45) is 0 Å². The molecule has 0 unspecified atom stereocenters. The van der Waals surface area contributed by atoms with E-state index in [0.717, 1.165) is 17.3 Å². The van der Waals surface area contributed by atoms with Gasteiger partial charge in [0.25, 0.3) is 5.56 Å². The van der Waals surface area contributed by atoms with Crippen molar-refractivity contribution in [2.75, 3.05) is 5.32 Å². The minimum atomic E-state index is -0.133. The van der Waals surface area contributed by atoms with Crippen LogP contribution in [-0.2, 0) is 6.54 Å². The van der Waals surface area contributed by atoms with Gasteiger partial charge in [-0.2, -0.15) is 0 Å². The van der Waals surface area contributed by atoms with Gasteiger partial charge in [0.1, 0.15) is 17.5 Å². The van der Waals surface area contributed by atoms with E-state index in [1.165, 1.54) is 18.9 Å². The Labute approximate surface area is 116 Å². The van der Waals surface area contributed by atoms with Crippen molar-refractivity contribution in [1.82, 2.24) is 19.9 Å². The predicted molar refractivity (Wildman–Crippen MR) is 75.7 cm³/mol. The van der Waals surface area contributed by atoms with E-state index in [4.69, 9.17) is 0 Å². The lowest BCUT2D eigenvalue weighted by Gasteiger charge is -2.08. The second kappa shape index (κ2) is 5.03. The fourth-order valence-electron chi connectivity index (χ4n) is 2.11. The van der Waals surface area contributed by atoms with Gasteiger partial charge in [-0.25, -0.2) is 15.0 Å². The number of hydrogen-bond acceptors (Lipinski definition) is 5. The van der Waals surface area contributed by atoms with Gasteiger partial charge < -0.3 is 10.3 Å². The third-order valence-corrected chi connectivity index (χ3v) is 3.17. The van der Waals surface area contributed by atoms with Gasteiger partial charge in [-0.1, -0.05) is 0 Å². The second-order valence-corrected chi connectivity index (χ2v) is 5.21. The maximum Gasteiger partial charge on any atom is 0.251 e. The molecular formula is C14H17N5O. The molecule has 1 fully saturated rings. The SMILES string of the molecule is Cc1cc(NCc2nc(C)cc(=O)[nH]2)nc(C2CC2)n1. The number of aromatic nitrogens is 4. The van der Waals surface area contributed by atoms with E-state index in [1.807, 2.05) is 13.0 Å². The Bertz CT molecular complexity index is 690. The third-order valence-electron chi connectivity index (χ3n) is 3.17. The smallest absolute Gasteiger partial charge is 0.251 e. The van der Waals surface area contributed by atoms with Crippen LogP contribution in [0.25, 0.3) is 0 Å². The molecule has 0 aromatic carbocycles. The first kappa shape index (κ1) is 12.8. The van der Waals surface area contributed by atoms with Crippen LogP contribution in [0, 0.1) is 13.8 Å². The Morgan fingerprint density at radius 2 is 1.95 bits per heavy atom. The molecule has 6 nitrogen and oxygen atoms in total. The van der Waals surface area contributed by atoms with Crippen LogP contribution in [0.3, 0.4) is 0 Å². The summed E-state index contributed by atoms with van der Waals surface area (Å²) in [4.78, 5) is 27.3. The Morgan fingerprint density at radius 3 is 2.65 bits per heavy atom. The Morgan fingerprint density at radius 1 is 1.20 bits per heavy atom. The van der Waals surface area contributed by atoms with Crippen LogP contribution in [0.5, 0.6) is 0 Å². The molecule has 0 atom stereocenters. The highest BCUT2D eigenvalue weighted by atomic mass is 16.1. The van der Waals surface area contributed by atoms with Gasteiger partial charge in [0.05, 0.1) is 6.54 Å². The van der Waals surface area contributed by atoms with Gasteiger partial charge in [0.15, 0.2) is 0 Å². The molecule has 2 aromatic rings. The van der Waals surface area contributed by atoms with Gasteiger partial charge in [-0.15, -0.1) is 0 Å². The molecule has 1 aliphatic carbocycles. The predicted octanol–water partition coefficient (Wildman–Crippen LogP) is 1.67. The normalized spacial score (nSPS) is 14.3. The number of aromatic amines is 1. The first-order valence-electron chi connectivity index (χ1n) is 6.76. The molecule has 1 saturated carbocycles. The molecular weight excluding hydrogens is 254 g/mol. The number of hydrogen-bond donors (Lipinski definition) is 2. The molecule has 1 aliphatic rings. The summed E-state index contributed by atoms with van der Waals surface area (Å²) in [7, 11) is 0. The monoisotopic (exact) mass is 271 g/mol. The Kier molecular flexibility index (Phi) is 3.22. The van der Waals surface area contributed by atoms with Gasteiger partial charge in [0, 0.05) is 29.4 Å². The highest BCUT2D eigenvalue weighted by Gasteiger charge is 2.26. The first-order chi connectivity index (χ1) is 9.60. The summed E-state index contributed by atoms with van der Waals surface area (Å²) in [6, 6.07) is 3.38. The third kappa shape index (κ3) is 3.01. The summed E-state index contributed by atoms with van der Waals surface area (Å²) in [5.41, 5.74) is 1.53. The second-order valence-electron chi connectivity index (χ2n) is 5.21. The van der Waals surface area contributed by atoms with Crippen LogP contribution >= 0.6 is 0 Å². The van der Waals surface area contributed by atoms with Gasteiger partial charge in [-0.05, 0) is 26.7 Å². The fourth-order valence-corrected chi connectivity index (χ4v) is 2.11. The van der Waals surface area contributed by atoms with E-state index < -0.39 is 0 Å². The zero-order valence-corrected chi connectivity index (χ0v) is 11.6. The number of H-pyrrole nitrogens is 1. The van der Waals surface area contributed by atoms with E-state index in [9.17, 15) is 4.79 Å². The average Bonchev–Trinajstić information content (AvgIpc) is 3.19. The van der Waals surface area contributed by atoms with Crippen LogP contribution in [0.4, 0.5) is 5.82 Å². The van der Waals surface area contributed by atoms with Crippen LogP contribution in [-0.4, -0.2) is 19.9 Å². The molecule has 2 aromatic heterocycles. The maximum atomic E-state index is 11.4. The van der Waals surface area contributed by atoms with Crippen LogP contribution in [0.1, 0.15) is 41.8 Å². The lowest BCUT2D eigenvalue weighted by Crippen LogP contribution is -2.15. The van der Waals surface area contributed by atoms with E-state index >= 15 is 0 Å². The lowest BCUT2D eigenvalue weighted by molar-refractivity contribution is 0.875. The highest BCUT2D eigenvalue weighted by Crippen LogP contribution is 2.38. The first-order valence-corrected chi connectivity index (χ1v) is 6.76. The van der Waals surface area contributed by atoms with Crippen molar-refractivity contribution in [3.8, 4) is 0 Å². The van der Waals surface area contributed by atoms with Gasteiger partial charge in [0.2, 0.25) is 0 Å². The van der Waals surface area contributed by atoms with Crippen molar-refractivity contribution >= 4 is 5.82 Å². The van der Waals surface area contributed by atoms with Gasteiger partial charge in [-0.3, -0.25) is 4.79 Å². The van der Waals surface area contributed by atoms with Crippen molar-refractivity contribution in [3.05, 3.63) is 45.5 Å². The minimum absolute atomic E-state index is 0.133. The van der Waals surface area contributed by atoms with E-state index in [1.54, 1.807) is 6.92 Å². The molecule has 0 spiro atoms. The van der Waals surface area contributed by atoms with Crippen molar-refractivity contribution in [2.45, 2.75) is 39.2 Å². The average molecular weight is 271 g/mol. The number of nitrogens with zero attached hydrogens (tertiary/aromatic N) is 3. The Hall–Kier alpha value is -2.24. The quantitative estimate of drug-likeness (QED) is 0.883. The highest BCUT2D eigenvalue weighted by molar-refractivity contribution is 5.36. The zero-order valence-electron chi connectivity index (χ0n) is 11.6. The van der Waals surface area contributed by atoms with Crippen LogP contribution in [0.2, 0.25) is 0 Å². The summed E-state index contributed by atoms with van der Waals surface area (Å²) in [5, 5.41) is 3.20. The molecule has 104 valence electrons. The van der Waals surface area contributed by atoms with Crippen molar-refractivity contribution in [1.29, 1.82) is 0 Å². The molecule has 6 heteroatoms. The standard InChI is InChI=1S/C14H17N5O/c1-8-5-11(19-14(17-8)10-3-4-10)15-7-12-16-9(2)6-13(20)18-12/h5-6,10H,3-4,7H2,1-2H3,(H,15,17,19)(H,16,18,20). The minimum Gasteiger partial charge on any atom is -0.363 e. The van der Waals surface area contributed by atoms with E-state index in [-0.39, 0.29) is 5.56 Å². The van der Waals surface area contributed by atoms with Gasteiger partial charge >= 0.3 is 0 Å². The number of nitrogens with one attached hydrogen (secondary N) is 2. The molecule has 0 radical (unpaired) electrons. The summed E-state index contributed by atoms with van der Waals surface area (Å²) >= 11 is 0. The molecule has 0 saturated heterocycles. The van der Waals surface area contributed by atoms with E-state index in [2.05, 4.69) is 25.3 Å². The molecule has 20 heavy (non-hydrogen) atoms. The number of anilines is 1. The number of rotatable bonds is 4. The van der Waals surface area contributed by atoms with Crippen molar-refractivity contribution < 1.29 is 0 Å². The molecule has 2 N–H and O–H groups in total. The molecule has 0 bridgehead atoms. The molecule has 0 aliphatic heterocycles. The lowest BCUT2D eigenvalue weighted by atomic mass is 10.3. The van der Waals surface area contributed by atoms with Crippen LogP contribution < -0.4 is 10.9 Å². The van der Waals surface area contributed by atoms with E-state index in [0.29, 0.717) is 24.0 Å². The summed E-state index contributed by atoms with van der Waals surface area (Å²) in [5.74, 6) is 2.83. The summed E-state index contributed by atoms with van der Waals surface area (Å²) in [6.07, 6.45) is 2.35. The zero-order chi connectivity index (χ0) is 14.1. The number of aryl methyl sites for hydroxylation is 2. The van der Waals surface area contributed by atoms with Crippen LogP contribution in [0.15, 0.2) is 16.9 Å². The topological polar surface area (TPSA) is 83.6 Å². The summed E-state index contributed by atoms with van der Waals surface area (Å²) < 4.78 is 0. The van der Waals surface area contributed by atoms with Crippen molar-refractivity contribution in [3.63, 3.8) is 0 Å².